The van der Waals surface area contributed by atoms with Crippen LogP contribution in [0.25, 0.3) is 0 Å². The summed E-state index contributed by atoms with van der Waals surface area (Å²) >= 11 is 0. The fourth-order valence-corrected chi connectivity index (χ4v) is 1.55. The molecule has 0 aromatic heterocycles. The highest BCUT2D eigenvalue weighted by Gasteiger charge is 2.23. The molecule has 0 aliphatic carbocycles. The van der Waals surface area contributed by atoms with Crippen LogP contribution in [0.1, 0.15) is 47.0 Å². The lowest BCUT2D eigenvalue weighted by molar-refractivity contribution is -0.144. The molecule has 2 N–H and O–H groups in total. The van der Waals surface area contributed by atoms with E-state index in [0.29, 0.717) is 19.7 Å². The molecule has 0 saturated heterocycles. The summed E-state index contributed by atoms with van der Waals surface area (Å²) in [5.41, 5.74) is 4.85. The molecule has 0 saturated carbocycles. The smallest absolute Gasteiger partial charge is 0.410 e. The Morgan fingerprint density at radius 2 is 1.80 bits per heavy atom. The lowest BCUT2D eigenvalue weighted by Gasteiger charge is -2.26. The van der Waals surface area contributed by atoms with E-state index >= 15 is 0 Å². The molecule has 0 aromatic rings. The van der Waals surface area contributed by atoms with Crippen LogP contribution in [0.4, 0.5) is 4.79 Å². The SMILES string of the molecule is CCOC(=O)CN(CCCCCN)C(=O)OC(C)(C)C. The zero-order valence-corrected chi connectivity index (χ0v) is 13.1. The largest absolute Gasteiger partial charge is 0.465 e. The first-order chi connectivity index (χ1) is 9.30. The van der Waals surface area contributed by atoms with Gasteiger partial charge in [-0.1, -0.05) is 6.42 Å². The first-order valence-corrected chi connectivity index (χ1v) is 7.13. The van der Waals surface area contributed by atoms with Gasteiger partial charge in [-0.2, -0.15) is 0 Å². The van der Waals surface area contributed by atoms with E-state index in [1.165, 1.54) is 4.90 Å². The van der Waals surface area contributed by atoms with E-state index in [1.807, 2.05) is 0 Å². The van der Waals surface area contributed by atoms with Crippen molar-refractivity contribution < 1.29 is 19.1 Å². The van der Waals surface area contributed by atoms with Crippen molar-refractivity contribution in [3.05, 3.63) is 0 Å². The zero-order valence-electron chi connectivity index (χ0n) is 13.1. The summed E-state index contributed by atoms with van der Waals surface area (Å²) in [4.78, 5) is 24.9. The lowest BCUT2D eigenvalue weighted by Crippen LogP contribution is -2.40. The summed E-state index contributed by atoms with van der Waals surface area (Å²) in [7, 11) is 0. The van der Waals surface area contributed by atoms with Gasteiger partial charge in [0.25, 0.3) is 0 Å². The van der Waals surface area contributed by atoms with Crippen LogP contribution in [0.2, 0.25) is 0 Å². The number of unbranched alkanes of at least 4 members (excludes halogenated alkanes) is 2. The third-order valence-corrected chi connectivity index (χ3v) is 2.41. The summed E-state index contributed by atoms with van der Waals surface area (Å²) < 4.78 is 10.2. The molecule has 0 rings (SSSR count). The molecule has 0 aromatic carbocycles. The molecule has 6 heteroatoms. The Bertz CT molecular complexity index is 300. The molecule has 0 fully saturated rings. The monoisotopic (exact) mass is 288 g/mol. The van der Waals surface area contributed by atoms with Gasteiger partial charge in [0.2, 0.25) is 0 Å². The molecule has 20 heavy (non-hydrogen) atoms. The molecular formula is C14H28N2O4. The van der Waals surface area contributed by atoms with Gasteiger partial charge in [-0.25, -0.2) is 4.79 Å². The highest BCUT2D eigenvalue weighted by molar-refractivity contribution is 5.78. The van der Waals surface area contributed by atoms with Crippen molar-refractivity contribution in [1.29, 1.82) is 0 Å². The van der Waals surface area contributed by atoms with Gasteiger partial charge < -0.3 is 15.2 Å². The van der Waals surface area contributed by atoms with Crippen molar-refractivity contribution in [3.8, 4) is 0 Å². The van der Waals surface area contributed by atoms with Gasteiger partial charge in [-0.3, -0.25) is 9.69 Å². The second-order valence-electron chi connectivity index (χ2n) is 5.56. The minimum absolute atomic E-state index is 0.0780. The molecule has 1 amide bonds. The quantitative estimate of drug-likeness (QED) is 0.545. The minimum Gasteiger partial charge on any atom is -0.465 e. The number of ether oxygens (including phenoxy) is 2. The van der Waals surface area contributed by atoms with E-state index in [4.69, 9.17) is 15.2 Å². The van der Waals surface area contributed by atoms with Crippen LogP contribution in [-0.2, 0) is 14.3 Å². The predicted octanol–water partition coefficient (Wildman–Crippen LogP) is 1.92. The Kier molecular flexibility index (Phi) is 8.96. The normalized spacial score (nSPS) is 11.1. The third kappa shape index (κ3) is 9.61. The van der Waals surface area contributed by atoms with Crippen LogP contribution in [0.15, 0.2) is 0 Å². The van der Waals surface area contributed by atoms with Gasteiger partial charge in [-0.15, -0.1) is 0 Å². The van der Waals surface area contributed by atoms with E-state index in [-0.39, 0.29) is 6.54 Å². The van der Waals surface area contributed by atoms with Crippen LogP contribution in [-0.4, -0.2) is 48.8 Å². The maximum Gasteiger partial charge on any atom is 0.410 e. The Morgan fingerprint density at radius 1 is 1.15 bits per heavy atom. The van der Waals surface area contributed by atoms with Crippen molar-refractivity contribution in [2.24, 2.45) is 5.73 Å². The highest BCUT2D eigenvalue weighted by Crippen LogP contribution is 2.11. The number of hydrogen-bond acceptors (Lipinski definition) is 5. The standard InChI is InChI=1S/C14H28N2O4/c1-5-19-12(17)11-16(10-8-6-7-9-15)13(18)20-14(2,3)4/h5-11,15H2,1-4H3. The van der Waals surface area contributed by atoms with Crippen molar-refractivity contribution in [3.63, 3.8) is 0 Å². The molecule has 0 atom stereocenters. The lowest BCUT2D eigenvalue weighted by atomic mass is 10.2. The fraction of sp³-hybridized carbons (Fsp3) is 0.857. The average Bonchev–Trinajstić information content (AvgIpc) is 2.31. The van der Waals surface area contributed by atoms with Crippen LogP contribution < -0.4 is 5.73 Å². The number of esters is 1. The van der Waals surface area contributed by atoms with Gasteiger partial charge >= 0.3 is 12.1 Å². The van der Waals surface area contributed by atoms with Gasteiger partial charge in [-0.05, 0) is 47.1 Å². The fourth-order valence-electron chi connectivity index (χ4n) is 1.55. The number of rotatable bonds is 8. The Morgan fingerprint density at radius 3 is 2.30 bits per heavy atom. The topological polar surface area (TPSA) is 81.9 Å². The summed E-state index contributed by atoms with van der Waals surface area (Å²) in [6.07, 6.45) is 2.12. The number of nitrogens with two attached hydrogens (primary N) is 1. The summed E-state index contributed by atoms with van der Waals surface area (Å²) in [5.74, 6) is -0.419. The second-order valence-corrected chi connectivity index (χ2v) is 5.56. The average molecular weight is 288 g/mol. The highest BCUT2D eigenvalue weighted by atomic mass is 16.6. The minimum atomic E-state index is -0.582. The number of nitrogens with zero attached hydrogens (tertiary/aromatic N) is 1. The van der Waals surface area contributed by atoms with Crippen LogP contribution in [0, 0.1) is 0 Å². The number of carbonyl (C=O) groups is 2. The zero-order chi connectivity index (χ0) is 15.6. The molecule has 0 bridgehead atoms. The van der Waals surface area contributed by atoms with E-state index in [2.05, 4.69) is 0 Å². The molecule has 0 aliphatic heterocycles. The second kappa shape index (κ2) is 9.58. The van der Waals surface area contributed by atoms with Crippen LogP contribution in [0.5, 0.6) is 0 Å². The molecular weight excluding hydrogens is 260 g/mol. The van der Waals surface area contributed by atoms with Gasteiger partial charge in [0.05, 0.1) is 6.61 Å². The number of carbonyl (C=O) groups excluding carboxylic acids is 2. The molecule has 0 heterocycles. The molecule has 0 aliphatic rings. The van der Waals surface area contributed by atoms with E-state index in [9.17, 15) is 9.59 Å². The van der Waals surface area contributed by atoms with Crippen molar-refractivity contribution >= 4 is 12.1 Å². The van der Waals surface area contributed by atoms with Gasteiger partial charge in [0.15, 0.2) is 0 Å². The molecule has 0 radical (unpaired) electrons. The predicted molar refractivity (Wildman–Crippen MR) is 77.3 cm³/mol. The van der Waals surface area contributed by atoms with E-state index in [1.54, 1.807) is 27.7 Å². The summed E-state index contributed by atoms with van der Waals surface area (Å²) in [5, 5.41) is 0. The van der Waals surface area contributed by atoms with E-state index < -0.39 is 17.7 Å². The third-order valence-electron chi connectivity index (χ3n) is 2.41. The van der Waals surface area contributed by atoms with Crippen molar-refractivity contribution in [2.75, 3.05) is 26.2 Å². The molecule has 118 valence electrons. The number of hydrogen-bond donors (Lipinski definition) is 1. The molecule has 0 spiro atoms. The van der Waals surface area contributed by atoms with Crippen molar-refractivity contribution in [2.45, 2.75) is 52.6 Å². The van der Waals surface area contributed by atoms with Gasteiger partial charge in [0, 0.05) is 6.54 Å². The maximum absolute atomic E-state index is 12.0. The molecule has 6 nitrogen and oxygen atoms in total. The maximum atomic E-state index is 12.0. The first kappa shape index (κ1) is 18.7. The molecule has 0 unspecified atom stereocenters. The van der Waals surface area contributed by atoms with Gasteiger partial charge in [0.1, 0.15) is 12.1 Å². The van der Waals surface area contributed by atoms with Crippen LogP contribution in [0.3, 0.4) is 0 Å². The summed E-state index contributed by atoms with van der Waals surface area (Å²) in [6, 6.07) is 0. The van der Waals surface area contributed by atoms with Crippen LogP contribution >= 0.6 is 0 Å². The number of amides is 1. The summed E-state index contributed by atoms with van der Waals surface area (Å²) in [6.45, 7) is 8.43. The Labute approximate surface area is 121 Å². The van der Waals surface area contributed by atoms with Crippen molar-refractivity contribution in [1.82, 2.24) is 4.90 Å². The Balaban J connectivity index is 4.44. The first-order valence-electron chi connectivity index (χ1n) is 7.13. The van der Waals surface area contributed by atoms with E-state index in [0.717, 1.165) is 19.3 Å². The Hall–Kier alpha value is -1.30.